The van der Waals surface area contributed by atoms with Crippen LogP contribution in [0.1, 0.15) is 106 Å². The summed E-state index contributed by atoms with van der Waals surface area (Å²) in [5, 5.41) is 12.8. The quantitative estimate of drug-likeness (QED) is 0.108. The number of thiophene rings is 1. The minimum Gasteiger partial charge on any atom is -0.340 e. The van der Waals surface area contributed by atoms with E-state index in [0.717, 1.165) is 65.4 Å². The number of likely N-dealkylation sites (tertiary alicyclic amines) is 1. The molecular weight excluding hydrogens is 890 g/mol. The molecule has 3 fully saturated rings. The zero-order valence-electron chi connectivity index (χ0n) is 36.0. The van der Waals surface area contributed by atoms with Gasteiger partial charge in [0.15, 0.2) is 10.2 Å². The van der Waals surface area contributed by atoms with Crippen molar-refractivity contribution in [1.29, 1.82) is 5.26 Å². The van der Waals surface area contributed by atoms with Crippen molar-refractivity contribution in [3.8, 4) is 6.07 Å². The van der Waals surface area contributed by atoms with Crippen molar-refractivity contribution in [2.24, 2.45) is 11.3 Å². The van der Waals surface area contributed by atoms with E-state index in [-0.39, 0.29) is 68.2 Å². The number of carbonyl (C=O) groups is 5. The lowest BCUT2D eigenvalue weighted by atomic mass is 9.90. The Morgan fingerprint density at radius 1 is 0.952 bits per heavy atom. The molecule has 3 aliphatic rings. The Morgan fingerprint density at radius 2 is 1.65 bits per heavy atom. The molecule has 2 aromatic carbocycles. The van der Waals surface area contributed by atoms with Crippen LogP contribution in [-0.2, 0) is 38.5 Å². The minimum absolute atomic E-state index is 0.0170. The molecule has 3 aliphatic heterocycles. The van der Waals surface area contributed by atoms with Crippen molar-refractivity contribution in [2.75, 3.05) is 37.8 Å². The molecule has 18 heteroatoms. The Kier molecular flexibility index (Phi) is 16.4. The number of nitrogens with one attached hydrogen (secondary N) is 1. The van der Waals surface area contributed by atoms with Gasteiger partial charge in [0, 0.05) is 58.7 Å². The molecule has 4 heterocycles. The number of nitrogens with zero attached hydrogens (tertiary/aromatic N) is 3. The Labute approximate surface area is 380 Å². The molecule has 12 nitrogen and oxygen atoms in total. The van der Waals surface area contributed by atoms with Crippen LogP contribution in [0.5, 0.6) is 0 Å². The standard InChI is InChI=1S/C45H55F2N4O8PS3/c1-5-11-39(52)61-22-20-58-60(57,59-21-23-62-43(56)44(2,3)4)45(46,47)32-16-19-37-30(24-32)25-38(63-37)40(53)49-35-15-10-9-14-33-17-18-36(51(33)41(35)54)42(55)50-27-31(26-48)34(28-50)29-12-7-6-8-13-29/h6-8,12-13,16,19,24-25,31,33-36H,5,9-11,14-15,17-18,20-23,27-28H2,1-4H3,(H,49,53)/t31-,33-,34+,35-,36-,60?/m0/s1. The van der Waals surface area contributed by atoms with Crippen LogP contribution in [0.4, 0.5) is 8.78 Å². The van der Waals surface area contributed by atoms with Crippen LogP contribution in [0, 0.1) is 22.7 Å². The van der Waals surface area contributed by atoms with Gasteiger partial charge in [-0.05, 0) is 61.3 Å². The van der Waals surface area contributed by atoms with Gasteiger partial charge in [0.2, 0.25) is 11.8 Å². The Bertz CT molecular complexity index is 2250. The van der Waals surface area contributed by atoms with Gasteiger partial charge in [0.25, 0.3) is 5.91 Å². The molecule has 6 atom stereocenters. The zero-order chi connectivity index (χ0) is 45.5. The number of rotatable bonds is 16. The molecule has 1 unspecified atom stereocenters. The lowest BCUT2D eigenvalue weighted by Gasteiger charge is -2.36. The summed E-state index contributed by atoms with van der Waals surface area (Å²) in [7, 11) is -5.24. The van der Waals surface area contributed by atoms with Gasteiger partial charge in [-0.1, -0.05) is 100 Å². The maximum Gasteiger partial charge on any atom is 0.404 e. The average molecular weight is 945 g/mol. The summed E-state index contributed by atoms with van der Waals surface area (Å²) in [6.45, 7) is 6.74. The topological polar surface area (TPSA) is 163 Å². The van der Waals surface area contributed by atoms with Crippen LogP contribution in [0.15, 0.2) is 54.6 Å². The van der Waals surface area contributed by atoms with E-state index >= 15 is 8.78 Å². The first kappa shape index (κ1) is 48.8. The predicted octanol–water partition coefficient (Wildman–Crippen LogP) is 9.34. The number of carbonyl (C=O) groups excluding carboxylic acids is 5. The highest BCUT2D eigenvalue weighted by molar-refractivity contribution is 8.13. The summed E-state index contributed by atoms with van der Waals surface area (Å²) in [5.41, 5.74) is -4.52. The molecule has 0 saturated carbocycles. The number of alkyl halides is 2. The summed E-state index contributed by atoms with van der Waals surface area (Å²) < 4.78 is 58.0. The highest BCUT2D eigenvalue weighted by Crippen LogP contribution is 2.67. The first-order valence-electron chi connectivity index (χ1n) is 21.5. The van der Waals surface area contributed by atoms with Crippen LogP contribution in [0.25, 0.3) is 10.1 Å². The van der Waals surface area contributed by atoms with Crippen LogP contribution < -0.4 is 5.32 Å². The van der Waals surface area contributed by atoms with E-state index in [1.54, 1.807) is 30.6 Å². The lowest BCUT2D eigenvalue weighted by Crippen LogP contribution is -2.56. The molecule has 0 spiro atoms. The third-order valence-corrected chi connectivity index (χ3v) is 16.9. The van der Waals surface area contributed by atoms with Crippen LogP contribution in [0.3, 0.4) is 0 Å². The van der Waals surface area contributed by atoms with E-state index in [4.69, 9.17) is 9.05 Å². The molecule has 63 heavy (non-hydrogen) atoms. The van der Waals surface area contributed by atoms with Crippen molar-refractivity contribution in [1.82, 2.24) is 15.1 Å². The number of amides is 3. The van der Waals surface area contributed by atoms with Crippen LogP contribution >= 0.6 is 42.5 Å². The maximum atomic E-state index is 16.4. The average Bonchev–Trinajstić information content (AvgIpc) is 4.01. The third kappa shape index (κ3) is 11.4. The number of halogens is 2. The summed E-state index contributed by atoms with van der Waals surface area (Å²) in [5.74, 6) is -1.68. The summed E-state index contributed by atoms with van der Waals surface area (Å²) >= 11 is 2.82. The van der Waals surface area contributed by atoms with Gasteiger partial charge >= 0.3 is 13.3 Å². The van der Waals surface area contributed by atoms with Gasteiger partial charge in [-0.15, -0.1) is 11.3 Å². The first-order chi connectivity index (χ1) is 30.0. The van der Waals surface area contributed by atoms with Crippen LogP contribution in [0.2, 0.25) is 0 Å². The van der Waals surface area contributed by atoms with E-state index in [2.05, 4.69) is 11.4 Å². The number of fused-ring (bicyclic) bond motifs is 2. The Balaban J connectivity index is 1.16. The van der Waals surface area contributed by atoms with E-state index in [0.29, 0.717) is 49.8 Å². The number of hydrogen-bond donors (Lipinski definition) is 1. The largest absolute Gasteiger partial charge is 0.404 e. The van der Waals surface area contributed by atoms with E-state index in [9.17, 15) is 33.8 Å². The fourth-order valence-electron chi connectivity index (χ4n) is 8.30. The van der Waals surface area contributed by atoms with E-state index in [1.807, 2.05) is 37.3 Å². The molecule has 0 radical (unpaired) electrons. The van der Waals surface area contributed by atoms with Gasteiger partial charge in [-0.2, -0.15) is 14.0 Å². The molecule has 0 aliphatic carbocycles. The SMILES string of the molecule is CCCC(=O)SCCOP(=O)(OCCSC(=O)C(C)(C)C)C(F)(F)c1ccc2sc(C(=O)N[C@H]3CCCC[C@H]4CC[C@@H](C(=O)N5C[C@H](c6ccccc6)[C@@H](C#N)C5)N4C3=O)cc2c1. The van der Waals surface area contributed by atoms with Crippen molar-refractivity contribution in [3.05, 3.63) is 70.6 Å². The number of hydrogen-bond acceptors (Lipinski definition) is 12. The first-order valence-corrected chi connectivity index (χ1v) is 25.8. The predicted molar refractivity (Wildman–Crippen MR) is 243 cm³/mol. The molecule has 0 bridgehead atoms. The second kappa shape index (κ2) is 21.1. The second-order valence-electron chi connectivity index (χ2n) is 17.2. The third-order valence-electron chi connectivity index (χ3n) is 11.6. The van der Waals surface area contributed by atoms with Crippen LogP contribution in [-0.4, -0.2) is 93.7 Å². The van der Waals surface area contributed by atoms with Crippen molar-refractivity contribution < 1.29 is 46.4 Å². The normalized spacial score (nSPS) is 22.8. The fourth-order valence-corrected chi connectivity index (χ4v) is 12.5. The Morgan fingerprint density at radius 3 is 2.33 bits per heavy atom. The molecular formula is C45H55F2N4O8PS3. The van der Waals surface area contributed by atoms with Gasteiger partial charge in [-0.3, -0.25) is 28.5 Å². The smallest absolute Gasteiger partial charge is 0.340 e. The van der Waals surface area contributed by atoms with E-state index < -0.39 is 55.4 Å². The number of nitriles is 1. The molecule has 3 amide bonds. The van der Waals surface area contributed by atoms with Gasteiger partial charge in [0.1, 0.15) is 12.1 Å². The highest BCUT2D eigenvalue weighted by atomic mass is 32.2. The highest BCUT2D eigenvalue weighted by Gasteiger charge is 2.55. The zero-order valence-corrected chi connectivity index (χ0v) is 39.4. The Hall–Kier alpha value is -3.65. The second-order valence-corrected chi connectivity index (χ2v) is 22.6. The van der Waals surface area contributed by atoms with Crippen molar-refractivity contribution >= 4 is 80.5 Å². The number of thioether (sulfide) groups is 2. The van der Waals surface area contributed by atoms with Crippen molar-refractivity contribution in [3.63, 3.8) is 0 Å². The molecule has 340 valence electrons. The molecule has 3 saturated heterocycles. The molecule has 6 rings (SSSR count). The minimum atomic E-state index is -5.24. The molecule has 1 aromatic heterocycles. The molecule has 3 aromatic rings. The fraction of sp³-hybridized carbons (Fsp3) is 0.556. The lowest BCUT2D eigenvalue weighted by molar-refractivity contribution is -0.146. The van der Waals surface area contributed by atoms with Gasteiger partial charge in [-0.25, -0.2) is 0 Å². The monoisotopic (exact) mass is 944 g/mol. The van der Waals surface area contributed by atoms with E-state index in [1.165, 1.54) is 12.1 Å². The maximum absolute atomic E-state index is 16.4. The summed E-state index contributed by atoms with van der Waals surface area (Å²) in [6.07, 6.45) is 4.64. The van der Waals surface area contributed by atoms with Gasteiger partial charge in [0.05, 0.1) is 30.1 Å². The summed E-state index contributed by atoms with van der Waals surface area (Å²) in [4.78, 5) is 70.3. The summed E-state index contributed by atoms with van der Waals surface area (Å²) in [6, 6.07) is 15.3. The number of benzene rings is 2. The molecule has 1 N–H and O–H groups in total. The van der Waals surface area contributed by atoms with Crippen molar-refractivity contribution in [2.45, 2.75) is 109 Å². The van der Waals surface area contributed by atoms with Gasteiger partial charge < -0.3 is 24.2 Å².